The maximum absolute atomic E-state index is 5.36. The Morgan fingerprint density at radius 1 is 1.19 bits per heavy atom. The molecule has 3 nitrogen and oxygen atoms in total. The van der Waals surface area contributed by atoms with Gasteiger partial charge in [0.2, 0.25) is 0 Å². The third-order valence-electron chi connectivity index (χ3n) is 2.96. The summed E-state index contributed by atoms with van der Waals surface area (Å²) < 4.78 is 5.36. The van der Waals surface area contributed by atoms with Gasteiger partial charge in [0.1, 0.15) is 10.8 Å². The van der Waals surface area contributed by atoms with Gasteiger partial charge < -0.3 is 10.1 Å². The Labute approximate surface area is 131 Å². The summed E-state index contributed by atoms with van der Waals surface area (Å²) in [4.78, 5) is 5.60. The van der Waals surface area contributed by atoms with Gasteiger partial charge in [0, 0.05) is 12.7 Å². The Morgan fingerprint density at radius 2 is 2.00 bits per heavy atom. The van der Waals surface area contributed by atoms with E-state index in [1.54, 1.807) is 18.9 Å². The molecule has 0 atom stereocenters. The summed E-state index contributed by atoms with van der Waals surface area (Å²) in [6, 6.07) is 12.2. The van der Waals surface area contributed by atoms with E-state index in [-0.39, 0.29) is 0 Å². The molecule has 112 valence electrons. The molecule has 0 spiro atoms. The fourth-order valence-corrected chi connectivity index (χ4v) is 2.76. The minimum Gasteiger partial charge on any atom is -0.496 e. The molecule has 21 heavy (non-hydrogen) atoms. The molecule has 1 aromatic heterocycles. The van der Waals surface area contributed by atoms with Crippen LogP contribution in [0.3, 0.4) is 0 Å². The predicted octanol–water partition coefficient (Wildman–Crippen LogP) is 3.99. The maximum atomic E-state index is 5.36. The maximum Gasteiger partial charge on any atom is 0.132 e. The Morgan fingerprint density at radius 3 is 2.67 bits per heavy atom. The number of hydrogen-bond donors (Lipinski definition) is 1. The quantitative estimate of drug-likeness (QED) is 0.838. The summed E-state index contributed by atoms with van der Waals surface area (Å²) in [5.41, 5.74) is 1.21. The van der Waals surface area contributed by atoms with Crippen molar-refractivity contribution in [2.45, 2.75) is 30.3 Å². The monoisotopic (exact) mass is 302 g/mol. The van der Waals surface area contributed by atoms with Gasteiger partial charge in [-0.05, 0) is 36.2 Å². The number of aromatic nitrogens is 1. The fourth-order valence-electron chi connectivity index (χ4n) is 1.90. The van der Waals surface area contributed by atoms with E-state index in [1.165, 1.54) is 5.56 Å². The first-order valence-corrected chi connectivity index (χ1v) is 7.97. The van der Waals surface area contributed by atoms with Gasteiger partial charge in [-0.2, -0.15) is 0 Å². The van der Waals surface area contributed by atoms with Crippen molar-refractivity contribution in [3.05, 3.63) is 48.2 Å². The Bertz CT molecular complexity index is 555. The zero-order valence-corrected chi connectivity index (χ0v) is 13.6. The van der Waals surface area contributed by atoms with E-state index >= 15 is 0 Å². The third-order valence-corrected chi connectivity index (χ3v) is 3.97. The SMILES string of the molecule is COc1ccccc1Sc1ccc(CNCC(C)C)cn1. The van der Waals surface area contributed by atoms with Crippen LogP contribution < -0.4 is 10.1 Å². The van der Waals surface area contributed by atoms with Crippen LogP contribution in [-0.4, -0.2) is 18.6 Å². The molecule has 0 radical (unpaired) electrons. The Kier molecular flexibility index (Phi) is 6.08. The normalized spacial score (nSPS) is 10.9. The summed E-state index contributed by atoms with van der Waals surface area (Å²) in [6.07, 6.45) is 1.94. The number of nitrogens with zero attached hydrogens (tertiary/aromatic N) is 1. The van der Waals surface area contributed by atoms with Crippen molar-refractivity contribution >= 4 is 11.8 Å². The van der Waals surface area contributed by atoms with Crippen LogP contribution in [0.1, 0.15) is 19.4 Å². The number of methoxy groups -OCH3 is 1. The van der Waals surface area contributed by atoms with Crippen LogP contribution in [0.25, 0.3) is 0 Å². The van der Waals surface area contributed by atoms with Gasteiger partial charge in [-0.1, -0.05) is 43.8 Å². The van der Waals surface area contributed by atoms with Crippen LogP contribution in [0.15, 0.2) is 52.5 Å². The molecule has 0 aliphatic carbocycles. The average molecular weight is 302 g/mol. The molecule has 2 aromatic rings. The van der Waals surface area contributed by atoms with Crippen molar-refractivity contribution in [3.8, 4) is 5.75 Å². The predicted molar refractivity (Wildman–Crippen MR) is 87.9 cm³/mol. The van der Waals surface area contributed by atoms with Crippen molar-refractivity contribution in [1.82, 2.24) is 10.3 Å². The first-order valence-electron chi connectivity index (χ1n) is 7.15. The molecule has 0 aliphatic heterocycles. The van der Waals surface area contributed by atoms with Gasteiger partial charge in [0.25, 0.3) is 0 Å². The van der Waals surface area contributed by atoms with E-state index in [0.717, 1.165) is 28.8 Å². The van der Waals surface area contributed by atoms with Gasteiger partial charge in [0.15, 0.2) is 0 Å². The summed E-state index contributed by atoms with van der Waals surface area (Å²) >= 11 is 1.62. The van der Waals surface area contributed by atoms with Crippen molar-refractivity contribution in [1.29, 1.82) is 0 Å². The van der Waals surface area contributed by atoms with E-state index in [4.69, 9.17) is 4.74 Å². The van der Waals surface area contributed by atoms with E-state index < -0.39 is 0 Å². The van der Waals surface area contributed by atoms with E-state index in [1.807, 2.05) is 30.5 Å². The summed E-state index contributed by atoms with van der Waals surface area (Å²) in [5.74, 6) is 1.55. The molecular formula is C17H22N2OS. The average Bonchev–Trinajstić information content (AvgIpc) is 2.49. The second kappa shape index (κ2) is 8.05. The molecular weight excluding hydrogens is 280 g/mol. The topological polar surface area (TPSA) is 34.1 Å². The standard InChI is InChI=1S/C17H22N2OS/c1-13(2)10-18-11-14-8-9-17(19-12-14)21-16-7-5-4-6-15(16)20-3/h4-9,12-13,18H,10-11H2,1-3H3. The summed E-state index contributed by atoms with van der Waals surface area (Å²) in [6.45, 7) is 6.30. The highest BCUT2D eigenvalue weighted by Gasteiger charge is 2.05. The molecule has 0 saturated carbocycles. The Balaban J connectivity index is 1.96. The zero-order chi connectivity index (χ0) is 15.1. The number of pyridine rings is 1. The van der Waals surface area contributed by atoms with Crippen LogP contribution in [0, 0.1) is 5.92 Å². The minimum atomic E-state index is 0.665. The molecule has 0 amide bonds. The van der Waals surface area contributed by atoms with Gasteiger partial charge in [-0.3, -0.25) is 0 Å². The summed E-state index contributed by atoms with van der Waals surface area (Å²) in [5, 5.41) is 4.40. The highest BCUT2D eigenvalue weighted by molar-refractivity contribution is 7.99. The lowest BCUT2D eigenvalue weighted by atomic mass is 10.2. The van der Waals surface area contributed by atoms with Crippen molar-refractivity contribution < 1.29 is 4.74 Å². The molecule has 1 aromatic carbocycles. The van der Waals surface area contributed by atoms with Crippen LogP contribution in [0.4, 0.5) is 0 Å². The molecule has 0 unspecified atom stereocenters. The lowest BCUT2D eigenvalue weighted by Crippen LogP contribution is -2.18. The van der Waals surface area contributed by atoms with Crippen molar-refractivity contribution in [2.24, 2.45) is 5.92 Å². The van der Waals surface area contributed by atoms with Gasteiger partial charge in [-0.25, -0.2) is 4.98 Å². The molecule has 0 bridgehead atoms. The fraction of sp³-hybridized carbons (Fsp3) is 0.353. The number of nitrogens with one attached hydrogen (secondary N) is 1. The number of ether oxygens (including phenoxy) is 1. The molecule has 4 heteroatoms. The Hall–Kier alpha value is -1.52. The third kappa shape index (κ3) is 5.06. The van der Waals surface area contributed by atoms with E-state index in [9.17, 15) is 0 Å². The molecule has 1 heterocycles. The molecule has 0 fully saturated rings. The van der Waals surface area contributed by atoms with Crippen LogP contribution in [-0.2, 0) is 6.54 Å². The zero-order valence-electron chi connectivity index (χ0n) is 12.8. The number of hydrogen-bond acceptors (Lipinski definition) is 4. The van der Waals surface area contributed by atoms with E-state index in [2.05, 4.69) is 36.3 Å². The van der Waals surface area contributed by atoms with Gasteiger partial charge in [0.05, 0.1) is 12.0 Å². The highest BCUT2D eigenvalue weighted by Crippen LogP contribution is 2.33. The minimum absolute atomic E-state index is 0.665. The second-order valence-electron chi connectivity index (χ2n) is 5.28. The highest BCUT2D eigenvalue weighted by atomic mass is 32.2. The smallest absolute Gasteiger partial charge is 0.132 e. The molecule has 2 rings (SSSR count). The van der Waals surface area contributed by atoms with Crippen molar-refractivity contribution in [3.63, 3.8) is 0 Å². The van der Waals surface area contributed by atoms with E-state index in [0.29, 0.717) is 5.92 Å². The van der Waals surface area contributed by atoms with Crippen molar-refractivity contribution in [2.75, 3.05) is 13.7 Å². The van der Waals surface area contributed by atoms with Gasteiger partial charge in [-0.15, -0.1) is 0 Å². The number of para-hydroxylation sites is 1. The lowest BCUT2D eigenvalue weighted by molar-refractivity contribution is 0.405. The molecule has 0 saturated heterocycles. The van der Waals surface area contributed by atoms with Crippen LogP contribution in [0.2, 0.25) is 0 Å². The van der Waals surface area contributed by atoms with Crippen LogP contribution >= 0.6 is 11.8 Å². The molecule has 1 N–H and O–H groups in total. The number of benzene rings is 1. The second-order valence-corrected chi connectivity index (χ2v) is 6.34. The largest absolute Gasteiger partial charge is 0.496 e. The lowest BCUT2D eigenvalue weighted by Gasteiger charge is -2.09. The summed E-state index contributed by atoms with van der Waals surface area (Å²) in [7, 11) is 1.69. The van der Waals surface area contributed by atoms with Crippen LogP contribution in [0.5, 0.6) is 5.75 Å². The van der Waals surface area contributed by atoms with Gasteiger partial charge >= 0.3 is 0 Å². The molecule has 0 aliphatic rings. The first kappa shape index (κ1) is 15.9. The number of rotatable bonds is 7. The first-order chi connectivity index (χ1) is 10.2.